The quantitative estimate of drug-likeness (QED) is 0.761. The van der Waals surface area contributed by atoms with Crippen LogP contribution in [-0.2, 0) is 0 Å². The number of alkyl halides is 2. The summed E-state index contributed by atoms with van der Waals surface area (Å²) in [7, 11) is 0. The first-order chi connectivity index (χ1) is 9.40. The van der Waals surface area contributed by atoms with E-state index in [0.717, 1.165) is 25.9 Å². The Kier molecular flexibility index (Phi) is 10.4. The van der Waals surface area contributed by atoms with Crippen LogP contribution >= 0.6 is 0 Å². The summed E-state index contributed by atoms with van der Waals surface area (Å²) < 4.78 is 24.7. The van der Waals surface area contributed by atoms with E-state index in [1.54, 1.807) is 0 Å². The maximum Gasteiger partial charge on any atom is 0.125 e. The molecule has 0 atom stereocenters. The van der Waals surface area contributed by atoms with Gasteiger partial charge in [-0.1, -0.05) is 13.8 Å². The molecule has 2 aliphatic rings. The van der Waals surface area contributed by atoms with Crippen LogP contribution in [0.2, 0.25) is 0 Å². The van der Waals surface area contributed by atoms with Crippen molar-refractivity contribution < 1.29 is 8.78 Å². The lowest BCUT2D eigenvalue weighted by atomic mass is 10.1. The Balaban J connectivity index is 0.000000327. The van der Waals surface area contributed by atoms with Crippen LogP contribution in [-0.4, -0.2) is 60.4 Å². The summed E-state index contributed by atoms with van der Waals surface area (Å²) >= 11 is 0. The molecule has 122 valence electrons. The zero-order valence-corrected chi connectivity index (χ0v) is 14.2. The Hall–Kier alpha value is -0.220. The Morgan fingerprint density at radius 3 is 1.40 bits per heavy atom. The molecule has 2 nitrogen and oxygen atoms in total. The molecule has 2 fully saturated rings. The van der Waals surface area contributed by atoms with E-state index in [2.05, 4.69) is 37.5 Å². The first kappa shape index (κ1) is 19.8. The van der Waals surface area contributed by atoms with Gasteiger partial charge in [-0.2, -0.15) is 0 Å². The minimum atomic E-state index is -0.544. The van der Waals surface area contributed by atoms with E-state index in [0.29, 0.717) is 25.2 Å². The molecule has 0 spiro atoms. The predicted octanol–water partition coefficient (Wildman–Crippen LogP) is 3.90. The summed E-state index contributed by atoms with van der Waals surface area (Å²) in [5, 5.41) is 0. The maximum atomic E-state index is 12.6. The topological polar surface area (TPSA) is 6.48 Å². The van der Waals surface area contributed by atoms with Gasteiger partial charge in [0.15, 0.2) is 0 Å². The second kappa shape index (κ2) is 10.5. The number of piperidine rings is 1. The van der Waals surface area contributed by atoms with Crippen molar-refractivity contribution in [3.8, 4) is 0 Å². The highest BCUT2D eigenvalue weighted by Gasteiger charge is 2.27. The number of halogens is 2. The molecule has 20 heavy (non-hydrogen) atoms. The van der Waals surface area contributed by atoms with Gasteiger partial charge in [0.05, 0.1) is 0 Å². The van der Waals surface area contributed by atoms with E-state index in [-0.39, 0.29) is 0 Å². The predicted molar refractivity (Wildman–Crippen MR) is 83.8 cm³/mol. The standard InChI is InChI=1S/C8H16FN.C6H12FN.C2H6/c1-7(2)10-5-3-8(9)4-6-10;1-5(2)8-3-6(7)4-8;1-2/h7-8H,3-6H2,1-2H3;5-6H,3-4H2,1-2H3;1-2H3. The lowest BCUT2D eigenvalue weighted by Gasteiger charge is -2.37. The molecule has 0 aromatic carbocycles. The van der Waals surface area contributed by atoms with Crippen molar-refractivity contribution in [1.82, 2.24) is 9.80 Å². The van der Waals surface area contributed by atoms with Gasteiger partial charge in [0.2, 0.25) is 0 Å². The average molecular weight is 292 g/mol. The zero-order chi connectivity index (χ0) is 15.7. The van der Waals surface area contributed by atoms with Crippen molar-refractivity contribution in [2.24, 2.45) is 0 Å². The van der Waals surface area contributed by atoms with Crippen LogP contribution in [0.3, 0.4) is 0 Å². The van der Waals surface area contributed by atoms with Gasteiger partial charge in [-0.25, -0.2) is 8.78 Å². The average Bonchev–Trinajstić information content (AvgIpc) is 2.38. The fourth-order valence-electron chi connectivity index (χ4n) is 2.26. The molecular formula is C16H34F2N2. The van der Waals surface area contributed by atoms with Gasteiger partial charge in [0, 0.05) is 38.3 Å². The fraction of sp³-hybridized carbons (Fsp3) is 1.00. The molecule has 4 heteroatoms. The van der Waals surface area contributed by atoms with Gasteiger partial charge in [0.25, 0.3) is 0 Å². The van der Waals surface area contributed by atoms with Crippen molar-refractivity contribution in [2.75, 3.05) is 26.2 Å². The number of nitrogens with zero attached hydrogens (tertiary/aromatic N) is 2. The number of rotatable bonds is 2. The van der Waals surface area contributed by atoms with Crippen LogP contribution in [0.4, 0.5) is 8.78 Å². The molecule has 2 saturated heterocycles. The molecule has 0 amide bonds. The van der Waals surface area contributed by atoms with Gasteiger partial charge in [0.1, 0.15) is 12.3 Å². The monoisotopic (exact) mass is 292 g/mol. The Morgan fingerprint density at radius 1 is 0.750 bits per heavy atom. The van der Waals surface area contributed by atoms with Gasteiger partial charge >= 0.3 is 0 Å². The van der Waals surface area contributed by atoms with E-state index in [1.165, 1.54) is 0 Å². The largest absolute Gasteiger partial charge is 0.301 e. The summed E-state index contributed by atoms with van der Waals surface area (Å²) in [6.45, 7) is 15.7. The molecule has 0 aromatic rings. The van der Waals surface area contributed by atoms with E-state index >= 15 is 0 Å². The van der Waals surface area contributed by atoms with Crippen LogP contribution in [0.5, 0.6) is 0 Å². The Morgan fingerprint density at radius 2 is 1.15 bits per heavy atom. The lowest BCUT2D eigenvalue weighted by Crippen LogP contribution is -2.51. The van der Waals surface area contributed by atoms with Gasteiger partial charge in [-0.05, 0) is 40.5 Å². The maximum absolute atomic E-state index is 12.6. The molecule has 0 radical (unpaired) electrons. The molecule has 2 rings (SSSR count). The van der Waals surface area contributed by atoms with Gasteiger partial charge in [-0.3, -0.25) is 4.90 Å². The van der Waals surface area contributed by atoms with Crippen LogP contribution in [0.15, 0.2) is 0 Å². The third-order valence-electron chi connectivity index (χ3n) is 3.78. The van der Waals surface area contributed by atoms with Crippen molar-refractivity contribution in [3.05, 3.63) is 0 Å². The normalized spacial score (nSPS) is 21.9. The second-order valence-electron chi connectivity index (χ2n) is 5.95. The highest BCUT2D eigenvalue weighted by Crippen LogP contribution is 2.15. The van der Waals surface area contributed by atoms with Gasteiger partial charge in [-0.15, -0.1) is 0 Å². The molecule has 2 heterocycles. The molecular weight excluding hydrogens is 258 g/mol. The molecule has 0 saturated carbocycles. The summed E-state index contributed by atoms with van der Waals surface area (Å²) in [5.74, 6) is 0. The molecule has 0 aliphatic carbocycles. The van der Waals surface area contributed by atoms with Crippen LogP contribution in [0, 0.1) is 0 Å². The molecule has 0 aromatic heterocycles. The molecule has 0 unspecified atom stereocenters. The van der Waals surface area contributed by atoms with E-state index in [4.69, 9.17) is 0 Å². The minimum Gasteiger partial charge on any atom is -0.301 e. The number of hydrogen-bond acceptors (Lipinski definition) is 2. The van der Waals surface area contributed by atoms with Crippen molar-refractivity contribution in [3.63, 3.8) is 0 Å². The second-order valence-corrected chi connectivity index (χ2v) is 5.95. The summed E-state index contributed by atoms with van der Waals surface area (Å²) in [5.41, 5.74) is 0. The highest BCUT2D eigenvalue weighted by atomic mass is 19.1. The van der Waals surface area contributed by atoms with Crippen LogP contribution in [0.25, 0.3) is 0 Å². The van der Waals surface area contributed by atoms with Gasteiger partial charge < -0.3 is 4.90 Å². The first-order valence-corrected chi connectivity index (χ1v) is 8.16. The Labute approximate surface area is 124 Å². The Bertz CT molecular complexity index is 221. The fourth-order valence-corrected chi connectivity index (χ4v) is 2.26. The van der Waals surface area contributed by atoms with Crippen LogP contribution < -0.4 is 0 Å². The third-order valence-corrected chi connectivity index (χ3v) is 3.78. The summed E-state index contributed by atoms with van der Waals surface area (Å²) in [6, 6.07) is 1.12. The number of likely N-dealkylation sites (tertiary alicyclic amines) is 2. The minimum absolute atomic E-state index is 0.530. The summed E-state index contributed by atoms with van der Waals surface area (Å²) in [4.78, 5) is 4.45. The molecule has 0 bridgehead atoms. The van der Waals surface area contributed by atoms with Crippen molar-refractivity contribution in [1.29, 1.82) is 0 Å². The molecule has 0 N–H and O–H groups in total. The molecule has 2 aliphatic heterocycles. The zero-order valence-electron chi connectivity index (χ0n) is 14.2. The smallest absolute Gasteiger partial charge is 0.125 e. The first-order valence-electron chi connectivity index (χ1n) is 8.16. The summed E-state index contributed by atoms with van der Waals surface area (Å²) in [6.07, 6.45) is 0.392. The highest BCUT2D eigenvalue weighted by molar-refractivity contribution is 4.81. The van der Waals surface area contributed by atoms with E-state index in [9.17, 15) is 8.78 Å². The van der Waals surface area contributed by atoms with Crippen molar-refractivity contribution >= 4 is 0 Å². The van der Waals surface area contributed by atoms with E-state index in [1.807, 2.05) is 13.8 Å². The lowest BCUT2D eigenvalue weighted by molar-refractivity contribution is 0.0398. The SMILES string of the molecule is CC.CC(C)N1CC(F)C1.CC(C)N1CCC(F)CC1. The van der Waals surface area contributed by atoms with Crippen molar-refractivity contribution in [2.45, 2.75) is 78.8 Å². The van der Waals surface area contributed by atoms with E-state index < -0.39 is 12.3 Å². The number of hydrogen-bond donors (Lipinski definition) is 0. The third kappa shape index (κ3) is 7.53. The van der Waals surface area contributed by atoms with Crippen LogP contribution in [0.1, 0.15) is 54.4 Å².